The van der Waals surface area contributed by atoms with Crippen molar-refractivity contribution in [2.75, 3.05) is 44.2 Å². The minimum absolute atomic E-state index is 0. The van der Waals surface area contributed by atoms with Crippen molar-refractivity contribution in [3.05, 3.63) is 56.7 Å². The van der Waals surface area contributed by atoms with E-state index in [1.807, 2.05) is 24.3 Å². The van der Waals surface area contributed by atoms with Crippen molar-refractivity contribution in [3.63, 3.8) is 0 Å². The molecule has 3 aromatic rings. The van der Waals surface area contributed by atoms with E-state index >= 15 is 0 Å². The topological polar surface area (TPSA) is 48.5 Å². The van der Waals surface area contributed by atoms with Crippen LogP contribution in [0.25, 0.3) is 10.2 Å². The summed E-state index contributed by atoms with van der Waals surface area (Å²) in [5, 5.41) is 4.18. The highest BCUT2D eigenvalue weighted by Crippen LogP contribution is 2.32. The van der Waals surface area contributed by atoms with E-state index < -0.39 is 0 Å². The minimum atomic E-state index is 0. The van der Waals surface area contributed by atoms with Crippen molar-refractivity contribution >= 4 is 67.6 Å². The lowest BCUT2D eigenvalue weighted by atomic mass is 10.1. The van der Waals surface area contributed by atoms with E-state index in [1.165, 1.54) is 15.8 Å². The van der Waals surface area contributed by atoms with E-state index in [2.05, 4.69) is 63.7 Å². The van der Waals surface area contributed by atoms with Gasteiger partial charge in [0.15, 0.2) is 5.13 Å². The van der Waals surface area contributed by atoms with Crippen LogP contribution in [0, 0.1) is 17.4 Å². The van der Waals surface area contributed by atoms with Crippen LogP contribution < -0.4 is 10.2 Å². The SMILES string of the molecule is Cc1cc(C)c2nc(N3CCN(CCNC(=O)c4ccccc4I)CC3)sc2c1.Cl. The fourth-order valence-corrected chi connectivity index (χ4v) is 5.55. The highest BCUT2D eigenvalue weighted by molar-refractivity contribution is 14.1. The zero-order valence-corrected chi connectivity index (χ0v) is 20.9. The second-order valence-corrected chi connectivity index (χ2v) is 9.66. The van der Waals surface area contributed by atoms with E-state index in [0.29, 0.717) is 6.54 Å². The van der Waals surface area contributed by atoms with Crippen LogP contribution >= 0.6 is 46.3 Å². The number of hydrogen-bond donors (Lipinski definition) is 1. The van der Waals surface area contributed by atoms with Crippen molar-refractivity contribution < 1.29 is 4.79 Å². The van der Waals surface area contributed by atoms with Gasteiger partial charge in [-0.15, -0.1) is 12.4 Å². The summed E-state index contributed by atoms with van der Waals surface area (Å²) in [5.41, 5.74) is 4.43. The van der Waals surface area contributed by atoms with Gasteiger partial charge < -0.3 is 10.2 Å². The Bertz CT molecular complexity index is 1030. The summed E-state index contributed by atoms with van der Waals surface area (Å²) in [5.74, 6) is 0.00812. The Hall–Kier alpha value is -1.42. The second kappa shape index (κ2) is 10.3. The van der Waals surface area contributed by atoms with Crippen LogP contribution in [0.5, 0.6) is 0 Å². The summed E-state index contributed by atoms with van der Waals surface area (Å²) >= 11 is 4.00. The average Bonchev–Trinajstić information content (AvgIpc) is 3.13. The standard InChI is InChI=1S/C22H25IN4OS.ClH/c1-15-13-16(2)20-19(14-15)29-22(25-20)27-11-9-26(10-12-27)8-7-24-21(28)17-5-3-4-6-18(17)23;/h3-6,13-14H,7-12H2,1-2H3,(H,24,28);1H. The molecule has 1 N–H and O–H groups in total. The lowest BCUT2D eigenvalue weighted by Crippen LogP contribution is -2.48. The predicted molar refractivity (Wildman–Crippen MR) is 136 cm³/mol. The van der Waals surface area contributed by atoms with Crippen LogP contribution in [0.15, 0.2) is 36.4 Å². The van der Waals surface area contributed by atoms with E-state index in [0.717, 1.165) is 52.5 Å². The molecule has 5 nitrogen and oxygen atoms in total. The highest BCUT2D eigenvalue weighted by atomic mass is 127. The number of nitrogens with zero attached hydrogens (tertiary/aromatic N) is 3. The van der Waals surface area contributed by atoms with Crippen LogP contribution in [0.4, 0.5) is 5.13 Å². The van der Waals surface area contributed by atoms with Crippen LogP contribution in [0.3, 0.4) is 0 Å². The maximum atomic E-state index is 12.3. The first-order chi connectivity index (χ1) is 14.0. The number of carbonyl (C=O) groups excluding carboxylic acids is 1. The molecule has 0 aliphatic carbocycles. The van der Waals surface area contributed by atoms with Gasteiger partial charge in [0, 0.05) is 42.8 Å². The van der Waals surface area contributed by atoms with Crippen LogP contribution in [-0.4, -0.2) is 55.1 Å². The molecule has 0 radical (unpaired) electrons. The number of fused-ring (bicyclic) bond motifs is 1. The van der Waals surface area contributed by atoms with Crippen molar-refractivity contribution in [1.29, 1.82) is 0 Å². The van der Waals surface area contributed by atoms with Gasteiger partial charge in [0.2, 0.25) is 0 Å². The van der Waals surface area contributed by atoms with Crippen molar-refractivity contribution in [2.24, 2.45) is 0 Å². The van der Waals surface area contributed by atoms with E-state index in [1.54, 1.807) is 11.3 Å². The summed E-state index contributed by atoms with van der Waals surface area (Å²) in [6.45, 7) is 9.76. The normalized spacial score (nSPS) is 14.6. The number of rotatable bonds is 5. The summed E-state index contributed by atoms with van der Waals surface area (Å²) in [6.07, 6.45) is 0. The fraction of sp³-hybridized carbons (Fsp3) is 0.364. The third-order valence-electron chi connectivity index (χ3n) is 5.29. The Kier molecular flexibility index (Phi) is 7.95. The molecular formula is C22H26ClIN4OS. The molecule has 1 saturated heterocycles. The first-order valence-electron chi connectivity index (χ1n) is 9.89. The lowest BCUT2D eigenvalue weighted by molar-refractivity contribution is 0.0947. The molecule has 2 heterocycles. The van der Waals surface area contributed by atoms with E-state index in [-0.39, 0.29) is 18.3 Å². The Balaban J connectivity index is 0.00000256. The quantitative estimate of drug-likeness (QED) is 0.471. The molecule has 2 aromatic carbocycles. The Morgan fingerprint density at radius 3 is 2.63 bits per heavy atom. The number of halogens is 2. The van der Waals surface area contributed by atoms with Gasteiger partial charge in [-0.1, -0.05) is 29.5 Å². The number of hydrogen-bond acceptors (Lipinski definition) is 5. The number of aromatic nitrogens is 1. The summed E-state index contributed by atoms with van der Waals surface area (Å²) in [6, 6.07) is 12.1. The van der Waals surface area contributed by atoms with Crippen LogP contribution in [-0.2, 0) is 0 Å². The molecule has 4 rings (SSSR count). The zero-order valence-electron chi connectivity index (χ0n) is 17.2. The molecule has 0 saturated carbocycles. The number of nitrogens with one attached hydrogen (secondary N) is 1. The number of piperazine rings is 1. The van der Waals surface area contributed by atoms with Gasteiger partial charge in [0.05, 0.1) is 15.8 Å². The molecule has 1 aliphatic heterocycles. The molecule has 8 heteroatoms. The molecule has 30 heavy (non-hydrogen) atoms. The van der Waals surface area contributed by atoms with Crippen LogP contribution in [0.2, 0.25) is 0 Å². The Labute approximate surface area is 201 Å². The van der Waals surface area contributed by atoms with Crippen molar-refractivity contribution in [3.8, 4) is 0 Å². The molecule has 1 aliphatic rings. The average molecular weight is 557 g/mol. The van der Waals surface area contributed by atoms with Gasteiger partial charge in [-0.3, -0.25) is 9.69 Å². The Morgan fingerprint density at radius 2 is 1.90 bits per heavy atom. The first-order valence-corrected chi connectivity index (χ1v) is 11.8. The predicted octanol–water partition coefficient (Wildman–Crippen LogP) is 4.49. The van der Waals surface area contributed by atoms with Crippen LogP contribution in [0.1, 0.15) is 21.5 Å². The third-order valence-corrected chi connectivity index (χ3v) is 7.30. The van der Waals surface area contributed by atoms with Gasteiger partial charge in [-0.25, -0.2) is 4.98 Å². The highest BCUT2D eigenvalue weighted by Gasteiger charge is 2.20. The molecule has 160 valence electrons. The zero-order chi connectivity index (χ0) is 20.4. The van der Waals surface area contributed by atoms with E-state index in [9.17, 15) is 4.79 Å². The lowest BCUT2D eigenvalue weighted by Gasteiger charge is -2.34. The maximum absolute atomic E-state index is 12.3. The largest absolute Gasteiger partial charge is 0.351 e. The van der Waals surface area contributed by atoms with Gasteiger partial charge in [-0.05, 0) is 65.8 Å². The van der Waals surface area contributed by atoms with Crippen molar-refractivity contribution in [1.82, 2.24) is 15.2 Å². The fourth-order valence-electron chi connectivity index (χ4n) is 3.73. The molecule has 1 aromatic heterocycles. The van der Waals surface area contributed by atoms with E-state index in [4.69, 9.17) is 4.98 Å². The summed E-state index contributed by atoms with van der Waals surface area (Å²) in [7, 11) is 0. The molecule has 0 atom stereocenters. The number of carbonyl (C=O) groups is 1. The molecule has 0 bridgehead atoms. The molecular weight excluding hydrogens is 531 g/mol. The summed E-state index contributed by atoms with van der Waals surface area (Å²) < 4.78 is 2.26. The smallest absolute Gasteiger partial charge is 0.252 e. The van der Waals surface area contributed by atoms with Gasteiger partial charge >= 0.3 is 0 Å². The Morgan fingerprint density at radius 1 is 1.17 bits per heavy atom. The molecule has 0 unspecified atom stereocenters. The van der Waals surface area contributed by atoms with Gasteiger partial charge in [0.25, 0.3) is 5.91 Å². The molecule has 1 fully saturated rings. The number of anilines is 1. The minimum Gasteiger partial charge on any atom is -0.351 e. The van der Waals surface area contributed by atoms with Gasteiger partial charge in [0.1, 0.15) is 0 Å². The first kappa shape index (κ1) is 23.2. The molecule has 1 amide bonds. The maximum Gasteiger partial charge on any atom is 0.252 e. The number of amides is 1. The molecule has 0 spiro atoms. The summed E-state index contributed by atoms with van der Waals surface area (Å²) in [4.78, 5) is 22.0. The number of aryl methyl sites for hydroxylation is 2. The van der Waals surface area contributed by atoms with Crippen molar-refractivity contribution in [2.45, 2.75) is 13.8 Å². The van der Waals surface area contributed by atoms with Gasteiger partial charge in [-0.2, -0.15) is 0 Å². The second-order valence-electron chi connectivity index (χ2n) is 7.49. The number of benzene rings is 2. The third kappa shape index (κ3) is 5.25. The monoisotopic (exact) mass is 556 g/mol. The number of thiazole rings is 1.